The highest BCUT2D eigenvalue weighted by atomic mass is 32.1. The summed E-state index contributed by atoms with van der Waals surface area (Å²) in [5.41, 5.74) is 7.69. The normalized spacial score (nSPS) is 17.8. The van der Waals surface area contributed by atoms with Gasteiger partial charge in [-0.2, -0.15) is 0 Å². The summed E-state index contributed by atoms with van der Waals surface area (Å²) in [5, 5.41) is 0.582. The average molecular weight is 304 g/mol. The number of rotatable bonds is 3. The van der Waals surface area contributed by atoms with Gasteiger partial charge in [-0.05, 0) is 32.3 Å². The molecular formula is C15H20N4OS. The minimum absolute atomic E-state index is 0.0401. The molecule has 6 heteroatoms. The molecule has 112 valence electrons. The SMILES string of the molecule is CCC1(c2nccc(-c3sc(N)nc3C)n2)CCOCC1. The number of anilines is 1. The molecule has 1 fully saturated rings. The largest absolute Gasteiger partial charge is 0.381 e. The van der Waals surface area contributed by atoms with Crippen LogP contribution >= 0.6 is 11.3 Å². The lowest BCUT2D eigenvalue weighted by Gasteiger charge is -2.34. The molecule has 0 amide bonds. The molecule has 2 aromatic rings. The Morgan fingerprint density at radius 2 is 2.10 bits per heavy atom. The van der Waals surface area contributed by atoms with Gasteiger partial charge in [0.15, 0.2) is 5.13 Å². The van der Waals surface area contributed by atoms with Crippen molar-refractivity contribution >= 4 is 16.5 Å². The van der Waals surface area contributed by atoms with Gasteiger partial charge >= 0.3 is 0 Å². The van der Waals surface area contributed by atoms with E-state index in [-0.39, 0.29) is 5.41 Å². The molecule has 2 N–H and O–H groups in total. The molecule has 1 saturated heterocycles. The number of nitrogens with two attached hydrogens (primary N) is 1. The number of aryl methyl sites for hydroxylation is 1. The monoisotopic (exact) mass is 304 g/mol. The zero-order chi connectivity index (χ0) is 14.9. The van der Waals surface area contributed by atoms with Gasteiger partial charge in [-0.3, -0.25) is 0 Å². The molecule has 5 nitrogen and oxygen atoms in total. The van der Waals surface area contributed by atoms with Gasteiger partial charge in [-0.25, -0.2) is 15.0 Å². The van der Waals surface area contributed by atoms with Crippen LogP contribution in [0.25, 0.3) is 10.6 Å². The van der Waals surface area contributed by atoms with Crippen molar-refractivity contribution < 1.29 is 4.74 Å². The first kappa shape index (κ1) is 14.4. The molecule has 0 radical (unpaired) electrons. The van der Waals surface area contributed by atoms with Crippen LogP contribution in [-0.4, -0.2) is 28.2 Å². The van der Waals surface area contributed by atoms with E-state index in [1.165, 1.54) is 11.3 Å². The third-order valence-corrected chi connectivity index (χ3v) is 5.31. The van der Waals surface area contributed by atoms with Gasteiger partial charge in [0.1, 0.15) is 5.82 Å². The molecule has 2 aromatic heterocycles. The quantitative estimate of drug-likeness (QED) is 0.943. The molecule has 0 spiro atoms. The van der Waals surface area contributed by atoms with Crippen molar-refractivity contribution in [3.05, 3.63) is 23.8 Å². The fourth-order valence-corrected chi connectivity index (χ4v) is 3.70. The molecule has 1 aliphatic rings. The van der Waals surface area contributed by atoms with Crippen molar-refractivity contribution in [2.24, 2.45) is 0 Å². The zero-order valence-corrected chi connectivity index (χ0v) is 13.2. The van der Waals surface area contributed by atoms with Crippen molar-refractivity contribution in [3.63, 3.8) is 0 Å². The van der Waals surface area contributed by atoms with Crippen molar-refractivity contribution in [1.29, 1.82) is 0 Å². The van der Waals surface area contributed by atoms with Crippen molar-refractivity contribution in [1.82, 2.24) is 15.0 Å². The van der Waals surface area contributed by atoms with E-state index in [0.717, 1.165) is 54.6 Å². The van der Waals surface area contributed by atoms with E-state index in [1.807, 2.05) is 19.2 Å². The highest BCUT2D eigenvalue weighted by Gasteiger charge is 2.35. The number of nitrogen functional groups attached to an aromatic ring is 1. The second kappa shape index (κ2) is 5.69. The summed E-state index contributed by atoms with van der Waals surface area (Å²) in [5.74, 6) is 0.928. The molecule has 0 aliphatic carbocycles. The Balaban J connectivity index is 2.01. The van der Waals surface area contributed by atoms with Crippen LogP contribution in [0, 0.1) is 6.92 Å². The Labute approximate surface area is 128 Å². The summed E-state index contributed by atoms with van der Waals surface area (Å²) in [7, 11) is 0. The van der Waals surface area contributed by atoms with E-state index in [1.54, 1.807) is 0 Å². The first-order valence-corrected chi connectivity index (χ1v) is 8.11. The Bertz CT molecular complexity index is 634. The van der Waals surface area contributed by atoms with E-state index < -0.39 is 0 Å². The van der Waals surface area contributed by atoms with Crippen molar-refractivity contribution in [2.75, 3.05) is 18.9 Å². The van der Waals surface area contributed by atoms with Crippen LogP contribution in [-0.2, 0) is 10.2 Å². The topological polar surface area (TPSA) is 73.9 Å². The Kier molecular flexibility index (Phi) is 3.91. The lowest BCUT2D eigenvalue weighted by Crippen LogP contribution is -2.35. The van der Waals surface area contributed by atoms with Crippen LogP contribution in [0.1, 0.15) is 37.7 Å². The third kappa shape index (κ3) is 2.65. The number of aromatic nitrogens is 3. The van der Waals surface area contributed by atoms with Crippen LogP contribution in [0.15, 0.2) is 12.3 Å². The summed E-state index contributed by atoms with van der Waals surface area (Å²) in [6, 6.07) is 1.94. The first-order valence-electron chi connectivity index (χ1n) is 7.29. The van der Waals surface area contributed by atoms with Gasteiger partial charge in [0, 0.05) is 24.8 Å². The maximum Gasteiger partial charge on any atom is 0.180 e. The van der Waals surface area contributed by atoms with Crippen molar-refractivity contribution in [2.45, 2.75) is 38.5 Å². The van der Waals surface area contributed by atoms with E-state index in [2.05, 4.69) is 16.9 Å². The van der Waals surface area contributed by atoms with Crippen LogP contribution in [0.2, 0.25) is 0 Å². The van der Waals surface area contributed by atoms with Gasteiger partial charge in [-0.15, -0.1) is 0 Å². The van der Waals surface area contributed by atoms with E-state index in [9.17, 15) is 0 Å². The lowest BCUT2D eigenvalue weighted by molar-refractivity contribution is 0.0454. The van der Waals surface area contributed by atoms with Crippen molar-refractivity contribution in [3.8, 4) is 10.6 Å². The van der Waals surface area contributed by atoms with Gasteiger partial charge in [0.05, 0.1) is 16.3 Å². The highest BCUT2D eigenvalue weighted by molar-refractivity contribution is 7.18. The molecular weight excluding hydrogens is 284 g/mol. The minimum Gasteiger partial charge on any atom is -0.381 e. The summed E-state index contributed by atoms with van der Waals surface area (Å²) in [6.07, 6.45) is 4.84. The second-order valence-electron chi connectivity index (χ2n) is 5.48. The molecule has 0 aromatic carbocycles. The van der Waals surface area contributed by atoms with Gasteiger partial charge in [0.2, 0.25) is 0 Å². The van der Waals surface area contributed by atoms with Gasteiger partial charge < -0.3 is 10.5 Å². The number of ether oxygens (including phenoxy) is 1. The number of hydrogen-bond acceptors (Lipinski definition) is 6. The second-order valence-corrected chi connectivity index (χ2v) is 6.51. The summed E-state index contributed by atoms with van der Waals surface area (Å²) < 4.78 is 5.51. The standard InChI is InChI=1S/C15H20N4OS/c1-3-15(5-8-20-9-6-15)13-17-7-4-11(19-13)12-10(2)18-14(16)21-12/h4,7H,3,5-6,8-9H2,1-2H3,(H2,16,18). The van der Waals surface area contributed by atoms with Gasteiger partial charge in [-0.1, -0.05) is 18.3 Å². The summed E-state index contributed by atoms with van der Waals surface area (Å²) in [4.78, 5) is 14.7. The molecule has 0 saturated carbocycles. The minimum atomic E-state index is 0.0401. The van der Waals surface area contributed by atoms with E-state index in [4.69, 9.17) is 15.5 Å². The molecule has 3 rings (SSSR count). The van der Waals surface area contributed by atoms with Crippen LogP contribution in [0.3, 0.4) is 0 Å². The van der Waals surface area contributed by atoms with E-state index >= 15 is 0 Å². The van der Waals surface area contributed by atoms with Crippen LogP contribution < -0.4 is 5.73 Å². The Morgan fingerprint density at radius 1 is 1.33 bits per heavy atom. The first-order chi connectivity index (χ1) is 10.1. The predicted molar refractivity (Wildman–Crippen MR) is 84.3 cm³/mol. The maximum atomic E-state index is 5.80. The summed E-state index contributed by atoms with van der Waals surface area (Å²) in [6.45, 7) is 5.74. The molecule has 0 bridgehead atoms. The fourth-order valence-electron chi connectivity index (χ4n) is 2.89. The number of hydrogen-bond donors (Lipinski definition) is 1. The zero-order valence-electron chi connectivity index (χ0n) is 12.4. The molecule has 21 heavy (non-hydrogen) atoms. The van der Waals surface area contributed by atoms with Gasteiger partial charge in [0.25, 0.3) is 0 Å². The van der Waals surface area contributed by atoms with E-state index in [0.29, 0.717) is 5.13 Å². The average Bonchev–Trinajstić information content (AvgIpc) is 2.87. The summed E-state index contributed by atoms with van der Waals surface area (Å²) >= 11 is 1.48. The molecule has 1 aliphatic heterocycles. The third-order valence-electron chi connectivity index (χ3n) is 4.30. The lowest BCUT2D eigenvalue weighted by atomic mass is 9.77. The van der Waals surface area contributed by atoms with Crippen LogP contribution in [0.4, 0.5) is 5.13 Å². The molecule has 3 heterocycles. The number of nitrogens with zero attached hydrogens (tertiary/aromatic N) is 3. The Hall–Kier alpha value is -1.53. The molecule has 0 unspecified atom stereocenters. The fraction of sp³-hybridized carbons (Fsp3) is 0.533. The Morgan fingerprint density at radius 3 is 2.71 bits per heavy atom. The highest BCUT2D eigenvalue weighted by Crippen LogP contribution is 2.37. The maximum absolute atomic E-state index is 5.80. The predicted octanol–water partition coefficient (Wildman–Crippen LogP) is 2.95. The number of thiazole rings is 1. The smallest absolute Gasteiger partial charge is 0.180 e. The molecule has 0 atom stereocenters. The van der Waals surface area contributed by atoms with Crippen LogP contribution in [0.5, 0.6) is 0 Å².